The van der Waals surface area contributed by atoms with E-state index in [9.17, 15) is 4.79 Å². The quantitative estimate of drug-likeness (QED) is 0.339. The van der Waals surface area contributed by atoms with Crippen LogP contribution in [0, 0.1) is 0 Å². The zero-order valence-electron chi connectivity index (χ0n) is 17.5. The van der Waals surface area contributed by atoms with Gasteiger partial charge in [0.25, 0.3) is 0 Å². The van der Waals surface area contributed by atoms with Gasteiger partial charge in [0.1, 0.15) is 5.41 Å². The van der Waals surface area contributed by atoms with Gasteiger partial charge in [-0.2, -0.15) is 0 Å². The van der Waals surface area contributed by atoms with E-state index in [1.54, 1.807) is 0 Å². The highest BCUT2D eigenvalue weighted by Crippen LogP contribution is 2.51. The van der Waals surface area contributed by atoms with Crippen molar-refractivity contribution in [3.8, 4) is 0 Å². The lowest BCUT2D eigenvalue weighted by Crippen LogP contribution is -2.40. The van der Waals surface area contributed by atoms with Crippen molar-refractivity contribution in [2.24, 2.45) is 0 Å². The van der Waals surface area contributed by atoms with Crippen LogP contribution in [0.25, 0.3) is 0 Å². The number of ketones is 1. The SMILES string of the molecule is CC1(C)C2=CCc3ccccc3[C@]2(c2ccccc2)C=[N+]1CC(=O)c1ccccc1. The van der Waals surface area contributed by atoms with Crippen molar-refractivity contribution in [3.63, 3.8) is 0 Å². The summed E-state index contributed by atoms with van der Waals surface area (Å²) in [6.45, 7) is 4.85. The molecule has 1 heterocycles. The molecule has 0 bridgehead atoms. The second-order valence-electron chi connectivity index (χ2n) is 8.76. The lowest BCUT2D eigenvalue weighted by Gasteiger charge is -2.35. The minimum Gasteiger partial charge on any atom is -0.287 e. The summed E-state index contributed by atoms with van der Waals surface area (Å²) in [7, 11) is 0. The smallest absolute Gasteiger partial charge is 0.227 e. The van der Waals surface area contributed by atoms with Crippen molar-refractivity contribution in [1.29, 1.82) is 0 Å². The third kappa shape index (κ3) is 2.71. The molecule has 0 saturated heterocycles. The predicted octanol–water partition coefficient (Wildman–Crippen LogP) is 5.21. The number of allylic oxidation sites excluding steroid dienone is 1. The summed E-state index contributed by atoms with van der Waals surface area (Å²) in [6, 6.07) is 29.0. The standard InChI is InChI=1S/C28H26NO/c1-27(2)26-18-17-21-11-9-10-16-24(21)28(26,23-14-7-4-8-15-23)20-29(27)19-25(30)22-12-5-3-6-13-22/h3-16,18,20H,17,19H2,1-2H3/q+1/t28-/m1/s1. The van der Waals surface area contributed by atoms with Crippen molar-refractivity contribution < 1.29 is 9.37 Å². The Morgan fingerprint density at radius 1 is 0.867 bits per heavy atom. The number of nitrogens with zero attached hydrogens (tertiary/aromatic N) is 1. The van der Waals surface area contributed by atoms with Crippen molar-refractivity contribution in [1.82, 2.24) is 0 Å². The first-order valence-electron chi connectivity index (χ1n) is 10.6. The van der Waals surface area contributed by atoms with Gasteiger partial charge in [-0.25, -0.2) is 4.58 Å². The van der Waals surface area contributed by atoms with E-state index in [2.05, 4.69) is 85.3 Å². The molecule has 0 unspecified atom stereocenters. The summed E-state index contributed by atoms with van der Waals surface area (Å²) in [6.07, 6.45) is 5.63. The van der Waals surface area contributed by atoms with E-state index in [0.717, 1.165) is 12.0 Å². The Morgan fingerprint density at radius 2 is 1.50 bits per heavy atom. The van der Waals surface area contributed by atoms with E-state index in [1.165, 1.54) is 22.3 Å². The van der Waals surface area contributed by atoms with Crippen LogP contribution in [-0.4, -0.2) is 28.7 Å². The maximum Gasteiger partial charge on any atom is 0.227 e. The van der Waals surface area contributed by atoms with Crippen LogP contribution in [0.1, 0.15) is 40.9 Å². The first kappa shape index (κ1) is 18.7. The minimum absolute atomic E-state index is 0.149. The summed E-state index contributed by atoms with van der Waals surface area (Å²) in [5.41, 5.74) is 5.47. The molecule has 2 nitrogen and oxygen atoms in total. The van der Waals surface area contributed by atoms with Gasteiger partial charge in [-0.1, -0.05) is 91.0 Å². The first-order chi connectivity index (χ1) is 14.5. The zero-order chi connectivity index (χ0) is 20.8. The van der Waals surface area contributed by atoms with Gasteiger partial charge >= 0.3 is 0 Å². The lowest BCUT2D eigenvalue weighted by atomic mass is 9.63. The van der Waals surface area contributed by atoms with E-state index in [-0.39, 0.29) is 16.7 Å². The summed E-state index contributed by atoms with van der Waals surface area (Å²) in [5.74, 6) is 0.149. The van der Waals surface area contributed by atoms with E-state index in [0.29, 0.717) is 6.54 Å². The molecule has 5 rings (SSSR count). The molecule has 30 heavy (non-hydrogen) atoms. The van der Waals surface area contributed by atoms with Crippen molar-refractivity contribution in [2.45, 2.75) is 31.2 Å². The maximum atomic E-state index is 13.1. The van der Waals surface area contributed by atoms with Crippen LogP contribution in [0.15, 0.2) is 96.6 Å². The Bertz CT molecular complexity index is 1170. The largest absolute Gasteiger partial charge is 0.287 e. The fourth-order valence-electron chi connectivity index (χ4n) is 5.22. The Hall–Kier alpha value is -3.26. The fraction of sp³-hybridized carbons (Fsp3) is 0.214. The van der Waals surface area contributed by atoms with Crippen LogP contribution in [-0.2, 0) is 11.8 Å². The summed E-state index contributed by atoms with van der Waals surface area (Å²) >= 11 is 0. The highest BCUT2D eigenvalue weighted by atomic mass is 16.1. The molecule has 0 spiro atoms. The molecule has 3 aromatic rings. The van der Waals surface area contributed by atoms with Crippen molar-refractivity contribution >= 4 is 12.0 Å². The number of hydrogen-bond donors (Lipinski definition) is 0. The number of benzene rings is 3. The van der Waals surface area contributed by atoms with Crippen LogP contribution in [0.5, 0.6) is 0 Å². The zero-order valence-corrected chi connectivity index (χ0v) is 17.5. The highest BCUT2D eigenvalue weighted by Gasteiger charge is 2.58. The molecule has 0 amide bonds. The molecule has 0 radical (unpaired) electrons. The summed E-state index contributed by atoms with van der Waals surface area (Å²) in [5, 5.41) is 0. The normalized spacial score (nSPS) is 21.3. The number of hydrogen-bond acceptors (Lipinski definition) is 1. The lowest BCUT2D eigenvalue weighted by molar-refractivity contribution is -0.568. The van der Waals surface area contributed by atoms with Gasteiger partial charge in [0.2, 0.25) is 12.3 Å². The number of rotatable bonds is 4. The van der Waals surface area contributed by atoms with Gasteiger partial charge in [0.15, 0.2) is 11.8 Å². The maximum absolute atomic E-state index is 13.1. The van der Waals surface area contributed by atoms with Crippen LogP contribution in [0.4, 0.5) is 0 Å². The van der Waals surface area contributed by atoms with Crippen LogP contribution in [0.2, 0.25) is 0 Å². The molecule has 0 N–H and O–H groups in total. The molecule has 2 aliphatic rings. The molecule has 1 atom stereocenters. The van der Waals surface area contributed by atoms with E-state index >= 15 is 0 Å². The Kier molecular flexibility index (Phi) is 4.32. The summed E-state index contributed by atoms with van der Waals surface area (Å²) < 4.78 is 2.25. The number of carbonyl (C=O) groups excluding carboxylic acids is 1. The molecule has 1 aliphatic heterocycles. The molecule has 2 heteroatoms. The molecular formula is C28H26NO+. The van der Waals surface area contributed by atoms with Crippen molar-refractivity contribution in [3.05, 3.63) is 119 Å². The summed E-state index contributed by atoms with van der Waals surface area (Å²) in [4.78, 5) is 13.1. The molecule has 0 saturated carbocycles. The molecule has 1 aliphatic carbocycles. The fourth-order valence-corrected chi connectivity index (χ4v) is 5.22. The van der Waals surface area contributed by atoms with Gasteiger partial charge in [-0.15, -0.1) is 0 Å². The van der Waals surface area contributed by atoms with Gasteiger partial charge < -0.3 is 0 Å². The van der Waals surface area contributed by atoms with E-state index in [4.69, 9.17) is 0 Å². The third-order valence-electron chi connectivity index (χ3n) is 6.76. The molecule has 0 fully saturated rings. The molecular weight excluding hydrogens is 366 g/mol. The van der Waals surface area contributed by atoms with Gasteiger partial charge in [0.05, 0.1) is 0 Å². The molecule has 0 aromatic heterocycles. The van der Waals surface area contributed by atoms with Crippen LogP contribution < -0.4 is 0 Å². The molecule has 3 aromatic carbocycles. The van der Waals surface area contributed by atoms with Gasteiger partial charge in [-0.05, 0) is 23.1 Å². The second-order valence-corrected chi connectivity index (χ2v) is 8.76. The van der Waals surface area contributed by atoms with E-state index < -0.39 is 0 Å². The number of carbonyl (C=O) groups is 1. The topological polar surface area (TPSA) is 20.1 Å². The monoisotopic (exact) mass is 392 g/mol. The average molecular weight is 393 g/mol. The molecule has 148 valence electrons. The number of fused-ring (bicyclic) bond motifs is 3. The van der Waals surface area contributed by atoms with Gasteiger partial charge in [0, 0.05) is 25.0 Å². The Morgan fingerprint density at radius 3 is 2.23 bits per heavy atom. The predicted molar refractivity (Wildman–Crippen MR) is 121 cm³/mol. The first-order valence-corrected chi connectivity index (χ1v) is 10.6. The van der Waals surface area contributed by atoms with Gasteiger partial charge in [-0.3, -0.25) is 4.79 Å². The number of Topliss-reactive ketones (excluding diaryl/α,β-unsaturated/α-hetero) is 1. The third-order valence-corrected chi connectivity index (χ3v) is 6.76. The van der Waals surface area contributed by atoms with E-state index in [1.807, 2.05) is 30.3 Å². The van der Waals surface area contributed by atoms with Crippen molar-refractivity contribution in [2.75, 3.05) is 6.54 Å². The Balaban J connectivity index is 1.69. The second kappa shape index (κ2) is 6.91. The average Bonchev–Trinajstić information content (AvgIpc) is 3.02. The highest BCUT2D eigenvalue weighted by molar-refractivity contribution is 5.97. The Labute approximate surface area is 178 Å². The minimum atomic E-state index is -0.337. The van der Waals surface area contributed by atoms with Crippen LogP contribution >= 0.6 is 0 Å². The van der Waals surface area contributed by atoms with Crippen LogP contribution in [0.3, 0.4) is 0 Å².